The Balaban J connectivity index is 1.65. The summed E-state index contributed by atoms with van der Waals surface area (Å²) in [5.41, 5.74) is 0.374. The number of carbonyl (C=O) groups excluding carboxylic acids is 1. The van der Waals surface area contributed by atoms with E-state index in [0.717, 1.165) is 23.2 Å². The summed E-state index contributed by atoms with van der Waals surface area (Å²) in [6.07, 6.45) is 5.13. The van der Waals surface area contributed by atoms with Crippen LogP contribution < -0.4 is 10.5 Å². The van der Waals surface area contributed by atoms with Gasteiger partial charge in [-0.1, -0.05) is 6.42 Å². The predicted octanol–water partition coefficient (Wildman–Crippen LogP) is 1.95. The Hall–Kier alpha value is -0.920. The summed E-state index contributed by atoms with van der Waals surface area (Å²) < 4.78 is 22.5. The van der Waals surface area contributed by atoms with Crippen LogP contribution in [0.25, 0.3) is 0 Å². The quantitative estimate of drug-likeness (QED) is 0.885. The lowest BCUT2D eigenvalue weighted by molar-refractivity contribution is 0.0915. The average Bonchev–Trinajstić information content (AvgIpc) is 3.13. The number of hydrogen-bond donors (Lipinski definition) is 2. The Kier molecular flexibility index (Phi) is 3.83. The van der Waals surface area contributed by atoms with Gasteiger partial charge in [-0.25, -0.2) is 13.6 Å². The highest BCUT2D eigenvalue weighted by Gasteiger charge is 2.42. The van der Waals surface area contributed by atoms with Crippen molar-refractivity contribution in [3.05, 3.63) is 17.0 Å². The molecule has 5 nitrogen and oxygen atoms in total. The minimum absolute atomic E-state index is 0.0280. The van der Waals surface area contributed by atoms with E-state index in [4.69, 9.17) is 5.14 Å². The highest BCUT2D eigenvalue weighted by Crippen LogP contribution is 2.49. The second kappa shape index (κ2) is 5.37. The van der Waals surface area contributed by atoms with Crippen LogP contribution in [0.2, 0.25) is 0 Å². The van der Waals surface area contributed by atoms with E-state index in [1.807, 2.05) is 0 Å². The molecule has 4 unspecified atom stereocenters. The maximum Gasteiger partial charge on any atom is 0.252 e. The van der Waals surface area contributed by atoms with Crippen molar-refractivity contribution in [2.45, 2.75) is 42.9 Å². The van der Waals surface area contributed by atoms with Crippen molar-refractivity contribution in [3.8, 4) is 0 Å². The minimum atomic E-state index is -3.73. The van der Waals surface area contributed by atoms with E-state index >= 15 is 0 Å². The number of hydrogen-bond acceptors (Lipinski definition) is 4. The lowest BCUT2D eigenvalue weighted by Gasteiger charge is -2.28. The van der Waals surface area contributed by atoms with Crippen molar-refractivity contribution in [2.24, 2.45) is 22.9 Å². The van der Waals surface area contributed by atoms with E-state index < -0.39 is 10.0 Å². The van der Waals surface area contributed by atoms with Crippen LogP contribution in [0.15, 0.2) is 15.7 Å². The van der Waals surface area contributed by atoms with E-state index in [1.54, 1.807) is 5.38 Å². The summed E-state index contributed by atoms with van der Waals surface area (Å²) in [5, 5.41) is 9.63. The van der Waals surface area contributed by atoms with Gasteiger partial charge in [0.15, 0.2) is 0 Å². The number of sulfonamides is 1. The molecule has 116 valence electrons. The summed E-state index contributed by atoms with van der Waals surface area (Å²) in [6.45, 7) is 2.05. The Labute approximate surface area is 129 Å². The number of amides is 1. The third kappa shape index (κ3) is 3.00. The average molecular weight is 328 g/mol. The highest BCUT2D eigenvalue weighted by molar-refractivity contribution is 7.91. The number of nitrogens with one attached hydrogen (secondary N) is 1. The predicted molar refractivity (Wildman–Crippen MR) is 81.6 cm³/mol. The highest BCUT2D eigenvalue weighted by atomic mass is 32.2. The molecule has 0 aromatic carbocycles. The third-order valence-electron chi connectivity index (χ3n) is 4.91. The number of thiophene rings is 1. The number of fused-ring (bicyclic) bond motifs is 2. The Morgan fingerprint density at radius 2 is 2.19 bits per heavy atom. The summed E-state index contributed by atoms with van der Waals surface area (Å²) in [4.78, 5) is 12.2. The van der Waals surface area contributed by atoms with Gasteiger partial charge in [0.1, 0.15) is 4.21 Å². The molecule has 0 saturated heterocycles. The lowest BCUT2D eigenvalue weighted by Crippen LogP contribution is -2.40. The van der Waals surface area contributed by atoms with E-state index in [9.17, 15) is 13.2 Å². The molecular weight excluding hydrogens is 308 g/mol. The second-order valence-corrected chi connectivity index (χ2v) is 9.00. The first kappa shape index (κ1) is 15.0. The van der Waals surface area contributed by atoms with Crippen LogP contribution in [0, 0.1) is 17.8 Å². The SMILES string of the molecule is CC(NC(=O)c1csc(S(N)(=O)=O)c1)C1CC2CCC1C2. The van der Waals surface area contributed by atoms with E-state index in [1.165, 1.54) is 31.7 Å². The molecule has 2 saturated carbocycles. The zero-order chi connectivity index (χ0) is 15.2. The molecular formula is C14H20N2O3S2. The van der Waals surface area contributed by atoms with Crippen LogP contribution in [-0.4, -0.2) is 20.4 Å². The van der Waals surface area contributed by atoms with Crippen molar-refractivity contribution in [1.82, 2.24) is 5.32 Å². The van der Waals surface area contributed by atoms with Crippen molar-refractivity contribution in [3.63, 3.8) is 0 Å². The molecule has 21 heavy (non-hydrogen) atoms. The number of primary sulfonamides is 1. The van der Waals surface area contributed by atoms with Gasteiger partial charge in [0, 0.05) is 11.4 Å². The molecule has 2 bridgehead atoms. The summed E-state index contributed by atoms with van der Waals surface area (Å²) in [6, 6.07) is 1.48. The minimum Gasteiger partial charge on any atom is -0.349 e. The van der Waals surface area contributed by atoms with Gasteiger partial charge in [-0.15, -0.1) is 11.3 Å². The molecule has 1 heterocycles. The molecule has 0 aliphatic heterocycles. The molecule has 2 aliphatic carbocycles. The van der Waals surface area contributed by atoms with Crippen LogP contribution >= 0.6 is 11.3 Å². The largest absolute Gasteiger partial charge is 0.349 e. The van der Waals surface area contributed by atoms with Crippen LogP contribution in [0.4, 0.5) is 0 Å². The smallest absolute Gasteiger partial charge is 0.252 e. The molecule has 2 fully saturated rings. The molecule has 0 radical (unpaired) electrons. The molecule has 4 atom stereocenters. The van der Waals surface area contributed by atoms with Crippen LogP contribution in [0.1, 0.15) is 43.0 Å². The lowest BCUT2D eigenvalue weighted by atomic mass is 9.84. The monoisotopic (exact) mass is 328 g/mol. The molecule has 3 N–H and O–H groups in total. The summed E-state index contributed by atoms with van der Waals surface area (Å²) in [7, 11) is -3.73. The first-order valence-corrected chi connectivity index (χ1v) is 9.69. The van der Waals surface area contributed by atoms with Gasteiger partial charge in [-0.3, -0.25) is 4.79 Å². The van der Waals surface area contributed by atoms with Gasteiger partial charge in [-0.05, 0) is 50.0 Å². The van der Waals surface area contributed by atoms with Gasteiger partial charge in [0.05, 0.1) is 5.56 Å². The zero-order valence-corrected chi connectivity index (χ0v) is 13.5. The Morgan fingerprint density at radius 3 is 2.71 bits per heavy atom. The standard InChI is InChI=1S/C14H20N2O3S2/c1-8(12-5-9-2-3-10(12)4-9)16-14(17)11-6-13(20-7-11)21(15,18)19/h6-10,12H,2-5H2,1H3,(H,16,17)(H2,15,18,19). The Morgan fingerprint density at radius 1 is 1.43 bits per heavy atom. The first-order valence-electron chi connectivity index (χ1n) is 7.27. The van der Waals surface area contributed by atoms with Crippen LogP contribution in [0.5, 0.6) is 0 Å². The molecule has 3 rings (SSSR count). The van der Waals surface area contributed by atoms with E-state index in [-0.39, 0.29) is 16.2 Å². The van der Waals surface area contributed by atoms with Gasteiger partial charge in [0.2, 0.25) is 10.0 Å². The summed E-state index contributed by atoms with van der Waals surface area (Å²) >= 11 is 0.982. The first-order chi connectivity index (χ1) is 9.84. The third-order valence-corrected chi connectivity index (χ3v) is 7.30. The maximum atomic E-state index is 12.2. The number of rotatable bonds is 4. The second-order valence-electron chi connectivity index (χ2n) is 6.30. The number of nitrogens with two attached hydrogens (primary N) is 1. The van der Waals surface area contributed by atoms with Gasteiger partial charge in [0.25, 0.3) is 5.91 Å². The van der Waals surface area contributed by atoms with Crippen molar-refractivity contribution in [1.29, 1.82) is 0 Å². The fourth-order valence-electron chi connectivity index (χ4n) is 3.89. The van der Waals surface area contributed by atoms with Crippen LogP contribution in [-0.2, 0) is 10.0 Å². The molecule has 0 spiro atoms. The van der Waals surface area contributed by atoms with E-state index in [0.29, 0.717) is 11.5 Å². The summed E-state index contributed by atoms with van der Waals surface area (Å²) in [5.74, 6) is 1.93. The van der Waals surface area contributed by atoms with E-state index in [2.05, 4.69) is 12.2 Å². The van der Waals surface area contributed by atoms with Gasteiger partial charge in [-0.2, -0.15) is 0 Å². The maximum absolute atomic E-state index is 12.2. The molecule has 2 aliphatic rings. The van der Waals surface area contributed by atoms with Crippen molar-refractivity contribution in [2.75, 3.05) is 0 Å². The van der Waals surface area contributed by atoms with Crippen molar-refractivity contribution >= 4 is 27.3 Å². The molecule has 7 heteroatoms. The fourth-order valence-corrected chi connectivity index (χ4v) is 5.47. The van der Waals surface area contributed by atoms with Crippen molar-refractivity contribution < 1.29 is 13.2 Å². The Bertz CT molecular complexity index is 653. The molecule has 1 amide bonds. The number of carbonyl (C=O) groups is 1. The normalized spacial score (nSPS) is 29.5. The van der Waals surface area contributed by atoms with Gasteiger partial charge >= 0.3 is 0 Å². The molecule has 1 aromatic heterocycles. The fraction of sp³-hybridized carbons (Fsp3) is 0.643. The zero-order valence-electron chi connectivity index (χ0n) is 11.9. The van der Waals surface area contributed by atoms with Crippen LogP contribution in [0.3, 0.4) is 0 Å². The van der Waals surface area contributed by atoms with Gasteiger partial charge < -0.3 is 5.32 Å². The topological polar surface area (TPSA) is 89.3 Å². The molecule has 1 aromatic rings.